The largest absolute Gasteiger partial charge is 0.497 e. The van der Waals surface area contributed by atoms with E-state index >= 15 is 0 Å². The Labute approximate surface area is 184 Å². The highest BCUT2D eigenvalue weighted by atomic mass is 79.9. The van der Waals surface area contributed by atoms with E-state index in [0.717, 1.165) is 24.4 Å². The fourth-order valence-corrected chi connectivity index (χ4v) is 3.81. The fraction of sp³-hybridized carbons (Fsp3) is 0.364. The summed E-state index contributed by atoms with van der Waals surface area (Å²) in [6, 6.07) is 15.0. The Balaban J connectivity index is 1.58. The lowest BCUT2D eigenvalue weighted by atomic mass is 10.0. The number of halogens is 1. The third-order valence-corrected chi connectivity index (χ3v) is 5.70. The number of nitrogens with zero attached hydrogens (tertiary/aromatic N) is 1. The Morgan fingerprint density at radius 3 is 2.47 bits per heavy atom. The van der Waals surface area contributed by atoms with E-state index in [4.69, 9.17) is 9.47 Å². The van der Waals surface area contributed by atoms with E-state index in [1.165, 1.54) is 0 Å². The molecule has 2 aromatic rings. The molecule has 0 spiro atoms. The van der Waals surface area contributed by atoms with Crippen LogP contribution in [0.4, 0.5) is 0 Å². The molecule has 0 radical (unpaired) electrons. The number of methoxy groups -OCH3 is 1. The van der Waals surface area contributed by atoms with Crippen LogP contribution in [0.15, 0.2) is 53.0 Å². The van der Waals surface area contributed by atoms with Crippen molar-refractivity contribution >= 4 is 27.7 Å². The SMILES string of the molecule is COc1ccc(C(CNC(=O)CNC(=O)c2ccccc2Br)N2CCOCC2)cc1. The highest BCUT2D eigenvalue weighted by Gasteiger charge is 2.23. The summed E-state index contributed by atoms with van der Waals surface area (Å²) in [5.74, 6) is 0.262. The zero-order chi connectivity index (χ0) is 21.3. The lowest BCUT2D eigenvalue weighted by Crippen LogP contribution is -2.45. The summed E-state index contributed by atoms with van der Waals surface area (Å²) in [6.07, 6.45) is 0. The molecule has 3 rings (SSSR count). The van der Waals surface area contributed by atoms with Gasteiger partial charge in [0.05, 0.1) is 38.5 Å². The molecule has 7 nitrogen and oxygen atoms in total. The van der Waals surface area contributed by atoms with Crippen LogP contribution in [0, 0.1) is 0 Å². The van der Waals surface area contributed by atoms with Crippen LogP contribution in [-0.4, -0.2) is 63.2 Å². The van der Waals surface area contributed by atoms with Gasteiger partial charge in [0.15, 0.2) is 0 Å². The number of morpholine rings is 1. The molecule has 1 atom stereocenters. The molecule has 2 amide bonds. The van der Waals surface area contributed by atoms with Crippen LogP contribution < -0.4 is 15.4 Å². The van der Waals surface area contributed by atoms with Crippen LogP contribution in [-0.2, 0) is 9.53 Å². The number of hydrogen-bond acceptors (Lipinski definition) is 5. The van der Waals surface area contributed by atoms with Crippen molar-refractivity contribution in [3.63, 3.8) is 0 Å². The van der Waals surface area contributed by atoms with Crippen LogP contribution in [0.2, 0.25) is 0 Å². The van der Waals surface area contributed by atoms with Crippen LogP contribution in [0.1, 0.15) is 22.0 Å². The first-order valence-electron chi connectivity index (χ1n) is 9.83. The first kappa shape index (κ1) is 22.3. The van der Waals surface area contributed by atoms with E-state index in [2.05, 4.69) is 31.5 Å². The van der Waals surface area contributed by atoms with Gasteiger partial charge in [-0.05, 0) is 45.8 Å². The van der Waals surface area contributed by atoms with Crippen molar-refractivity contribution in [1.29, 1.82) is 0 Å². The first-order valence-corrected chi connectivity index (χ1v) is 10.6. The van der Waals surface area contributed by atoms with Crippen LogP contribution in [0.3, 0.4) is 0 Å². The van der Waals surface area contributed by atoms with Crippen molar-refractivity contribution in [1.82, 2.24) is 15.5 Å². The predicted molar refractivity (Wildman–Crippen MR) is 118 cm³/mol. The summed E-state index contributed by atoms with van der Waals surface area (Å²) in [7, 11) is 1.64. The molecular formula is C22H26BrN3O4. The zero-order valence-corrected chi connectivity index (χ0v) is 18.5. The van der Waals surface area contributed by atoms with E-state index in [1.54, 1.807) is 25.3 Å². The Bertz CT molecular complexity index is 854. The van der Waals surface area contributed by atoms with Gasteiger partial charge in [-0.2, -0.15) is 0 Å². The second-order valence-corrected chi connectivity index (χ2v) is 7.76. The summed E-state index contributed by atoms with van der Waals surface area (Å²) >= 11 is 3.35. The molecule has 1 aliphatic heterocycles. The second kappa shape index (κ2) is 11.1. The molecule has 1 saturated heterocycles. The molecular weight excluding hydrogens is 450 g/mol. The van der Waals surface area contributed by atoms with Crippen LogP contribution >= 0.6 is 15.9 Å². The Kier molecular flexibility index (Phi) is 8.24. The summed E-state index contributed by atoms with van der Waals surface area (Å²) in [6.45, 7) is 3.29. The number of benzene rings is 2. The van der Waals surface area contributed by atoms with Gasteiger partial charge in [0.25, 0.3) is 5.91 Å². The lowest BCUT2D eigenvalue weighted by molar-refractivity contribution is -0.120. The number of ether oxygens (including phenoxy) is 2. The van der Waals surface area contributed by atoms with Gasteiger partial charge in [-0.25, -0.2) is 0 Å². The molecule has 0 bridgehead atoms. The highest BCUT2D eigenvalue weighted by Crippen LogP contribution is 2.23. The van der Waals surface area contributed by atoms with E-state index in [0.29, 0.717) is 29.8 Å². The number of carbonyl (C=O) groups is 2. The lowest BCUT2D eigenvalue weighted by Gasteiger charge is -2.35. The molecule has 1 aliphatic rings. The van der Waals surface area contributed by atoms with Gasteiger partial charge in [0.1, 0.15) is 5.75 Å². The number of hydrogen-bond donors (Lipinski definition) is 2. The van der Waals surface area contributed by atoms with Gasteiger partial charge >= 0.3 is 0 Å². The van der Waals surface area contributed by atoms with E-state index in [1.807, 2.05) is 30.3 Å². The normalized spacial score (nSPS) is 15.3. The molecule has 0 aromatic heterocycles. The number of amides is 2. The molecule has 1 unspecified atom stereocenters. The van der Waals surface area contributed by atoms with Crippen molar-refractivity contribution in [2.24, 2.45) is 0 Å². The van der Waals surface area contributed by atoms with Crippen molar-refractivity contribution in [2.75, 3.05) is 46.5 Å². The quantitative estimate of drug-likeness (QED) is 0.612. The third kappa shape index (κ3) is 6.04. The monoisotopic (exact) mass is 475 g/mol. The summed E-state index contributed by atoms with van der Waals surface area (Å²) in [4.78, 5) is 27.0. The minimum absolute atomic E-state index is 0.0164. The summed E-state index contributed by atoms with van der Waals surface area (Å²) in [5, 5.41) is 5.62. The molecule has 8 heteroatoms. The van der Waals surface area contributed by atoms with Crippen molar-refractivity contribution < 1.29 is 19.1 Å². The average molecular weight is 476 g/mol. The van der Waals surface area contributed by atoms with Crippen molar-refractivity contribution in [3.05, 3.63) is 64.1 Å². The second-order valence-electron chi connectivity index (χ2n) is 6.90. The minimum atomic E-state index is -0.294. The maximum Gasteiger partial charge on any atom is 0.252 e. The molecule has 0 aliphatic carbocycles. The molecule has 2 aromatic carbocycles. The Morgan fingerprint density at radius 1 is 1.10 bits per heavy atom. The maximum atomic E-state index is 12.4. The molecule has 1 heterocycles. The van der Waals surface area contributed by atoms with Gasteiger partial charge in [-0.15, -0.1) is 0 Å². The maximum absolute atomic E-state index is 12.4. The molecule has 160 valence electrons. The average Bonchev–Trinajstić information content (AvgIpc) is 2.79. The highest BCUT2D eigenvalue weighted by molar-refractivity contribution is 9.10. The van der Waals surface area contributed by atoms with E-state index < -0.39 is 0 Å². The van der Waals surface area contributed by atoms with E-state index in [-0.39, 0.29) is 24.4 Å². The summed E-state index contributed by atoms with van der Waals surface area (Å²) < 4.78 is 11.4. The smallest absolute Gasteiger partial charge is 0.252 e. The first-order chi connectivity index (χ1) is 14.6. The van der Waals surface area contributed by atoms with E-state index in [9.17, 15) is 9.59 Å². The van der Waals surface area contributed by atoms with Gasteiger partial charge in [-0.1, -0.05) is 24.3 Å². The third-order valence-electron chi connectivity index (χ3n) is 5.01. The van der Waals surface area contributed by atoms with Crippen molar-refractivity contribution in [2.45, 2.75) is 6.04 Å². The molecule has 30 heavy (non-hydrogen) atoms. The number of nitrogens with one attached hydrogen (secondary N) is 2. The Hall–Kier alpha value is -2.42. The van der Waals surface area contributed by atoms with Gasteiger partial charge in [-0.3, -0.25) is 14.5 Å². The molecule has 0 saturated carbocycles. The van der Waals surface area contributed by atoms with Crippen molar-refractivity contribution in [3.8, 4) is 5.75 Å². The minimum Gasteiger partial charge on any atom is -0.497 e. The molecule has 1 fully saturated rings. The standard InChI is InChI=1S/C22H26BrN3O4/c1-29-17-8-6-16(7-9-17)20(26-10-12-30-13-11-26)14-24-21(27)15-25-22(28)18-4-2-3-5-19(18)23/h2-9,20H,10-15H2,1H3,(H,24,27)(H,25,28). The number of carbonyl (C=O) groups excluding carboxylic acids is 2. The summed E-state index contributed by atoms with van der Waals surface area (Å²) in [5.41, 5.74) is 1.59. The molecule has 2 N–H and O–H groups in total. The van der Waals surface area contributed by atoms with Crippen LogP contribution in [0.25, 0.3) is 0 Å². The van der Waals surface area contributed by atoms with Gasteiger partial charge in [0.2, 0.25) is 5.91 Å². The van der Waals surface area contributed by atoms with Gasteiger partial charge < -0.3 is 20.1 Å². The fourth-order valence-electron chi connectivity index (χ4n) is 3.35. The topological polar surface area (TPSA) is 79.9 Å². The zero-order valence-electron chi connectivity index (χ0n) is 16.9. The van der Waals surface area contributed by atoms with Gasteiger partial charge in [0, 0.05) is 24.1 Å². The Morgan fingerprint density at radius 2 is 1.80 bits per heavy atom. The van der Waals surface area contributed by atoms with Crippen LogP contribution in [0.5, 0.6) is 5.75 Å². The predicted octanol–water partition coefficient (Wildman–Crippen LogP) is 2.38. The number of rotatable bonds is 8.